The Morgan fingerprint density at radius 1 is 0.950 bits per heavy atom. The van der Waals surface area contributed by atoms with Crippen molar-refractivity contribution in [1.29, 1.82) is 0 Å². The maximum atomic E-state index is 12.2. The van der Waals surface area contributed by atoms with Crippen LogP contribution in [-0.4, -0.2) is 13.4 Å². The van der Waals surface area contributed by atoms with Crippen molar-refractivity contribution in [1.82, 2.24) is 0 Å². The van der Waals surface area contributed by atoms with Gasteiger partial charge in [-0.25, -0.2) is 8.42 Å². The van der Waals surface area contributed by atoms with E-state index >= 15 is 0 Å². The number of hydrogen-bond acceptors (Lipinski definition) is 3. The lowest BCUT2D eigenvalue weighted by molar-refractivity contribution is 0.594. The van der Waals surface area contributed by atoms with Crippen molar-refractivity contribution in [2.75, 3.05) is 0 Å². The third-order valence-electron chi connectivity index (χ3n) is 2.83. The normalized spacial score (nSPS) is 11.2. The zero-order valence-electron chi connectivity index (χ0n) is 10.8. The standard InChI is InChI=1S/C15H15NO2S2/c16-15(19)14-8-4-7-13(9-14)11-20(17,18)10-12-5-2-1-3-6-12/h1-9H,10-11H2,(H2,16,19). The molecule has 5 heteroatoms. The molecule has 3 nitrogen and oxygen atoms in total. The van der Waals surface area contributed by atoms with Gasteiger partial charge < -0.3 is 5.73 Å². The number of nitrogens with two attached hydrogens (primary N) is 1. The summed E-state index contributed by atoms with van der Waals surface area (Å²) in [5, 5.41) is 0. The molecule has 0 radical (unpaired) electrons. The van der Waals surface area contributed by atoms with Gasteiger partial charge in [0.1, 0.15) is 4.99 Å². The summed E-state index contributed by atoms with van der Waals surface area (Å²) in [6.45, 7) is 0. The van der Waals surface area contributed by atoms with Crippen molar-refractivity contribution in [2.45, 2.75) is 11.5 Å². The lowest BCUT2D eigenvalue weighted by Gasteiger charge is -2.06. The number of hydrogen-bond donors (Lipinski definition) is 1. The first-order chi connectivity index (χ1) is 9.46. The van der Waals surface area contributed by atoms with Gasteiger partial charge >= 0.3 is 0 Å². The third-order valence-corrected chi connectivity index (χ3v) is 4.61. The van der Waals surface area contributed by atoms with Gasteiger partial charge in [0.2, 0.25) is 0 Å². The summed E-state index contributed by atoms with van der Waals surface area (Å²) >= 11 is 4.90. The second-order valence-corrected chi connectivity index (χ2v) is 7.09. The molecule has 0 aliphatic heterocycles. The summed E-state index contributed by atoms with van der Waals surface area (Å²) in [7, 11) is -3.21. The van der Waals surface area contributed by atoms with Crippen LogP contribution in [0.15, 0.2) is 54.6 Å². The fraction of sp³-hybridized carbons (Fsp3) is 0.133. The molecule has 0 bridgehead atoms. The first kappa shape index (κ1) is 14.7. The summed E-state index contributed by atoms with van der Waals surface area (Å²) in [4.78, 5) is 0.271. The van der Waals surface area contributed by atoms with Crippen LogP contribution in [0.1, 0.15) is 16.7 Å². The van der Waals surface area contributed by atoms with E-state index in [2.05, 4.69) is 0 Å². The third kappa shape index (κ3) is 4.15. The SMILES string of the molecule is NC(=S)c1cccc(CS(=O)(=O)Cc2ccccc2)c1. The largest absolute Gasteiger partial charge is 0.389 e. The molecule has 20 heavy (non-hydrogen) atoms. The second-order valence-electron chi connectivity index (χ2n) is 4.58. The zero-order valence-corrected chi connectivity index (χ0v) is 12.5. The highest BCUT2D eigenvalue weighted by Crippen LogP contribution is 2.13. The Bertz CT molecular complexity index is 710. The van der Waals surface area contributed by atoms with E-state index < -0.39 is 9.84 Å². The molecule has 0 aromatic heterocycles. The molecule has 0 saturated heterocycles. The van der Waals surface area contributed by atoms with Crippen LogP contribution in [0, 0.1) is 0 Å². The Morgan fingerprint density at radius 2 is 1.55 bits per heavy atom. The van der Waals surface area contributed by atoms with Crippen molar-refractivity contribution in [2.24, 2.45) is 5.73 Å². The number of benzene rings is 2. The smallest absolute Gasteiger partial charge is 0.158 e. The van der Waals surface area contributed by atoms with E-state index in [0.717, 1.165) is 5.56 Å². The van der Waals surface area contributed by atoms with Crippen LogP contribution in [-0.2, 0) is 21.3 Å². The van der Waals surface area contributed by atoms with Crippen molar-refractivity contribution in [3.63, 3.8) is 0 Å². The Kier molecular flexibility index (Phi) is 4.52. The summed E-state index contributed by atoms with van der Waals surface area (Å²) in [5.41, 5.74) is 7.73. The molecule has 2 aromatic carbocycles. The molecular weight excluding hydrogens is 290 g/mol. The highest BCUT2D eigenvalue weighted by molar-refractivity contribution is 7.89. The Balaban J connectivity index is 2.16. The first-order valence-electron chi connectivity index (χ1n) is 6.09. The van der Waals surface area contributed by atoms with E-state index in [1.807, 2.05) is 30.3 Å². The summed E-state index contributed by atoms with van der Waals surface area (Å²) in [5.74, 6) is 0.0173. The molecule has 0 heterocycles. The zero-order chi connectivity index (χ0) is 14.6. The van der Waals surface area contributed by atoms with E-state index in [1.54, 1.807) is 24.3 Å². The van der Waals surface area contributed by atoms with Gasteiger partial charge in [-0.05, 0) is 17.2 Å². The van der Waals surface area contributed by atoms with Gasteiger partial charge in [-0.15, -0.1) is 0 Å². The molecular formula is C15H15NO2S2. The molecule has 0 saturated carbocycles. The molecule has 0 unspecified atom stereocenters. The predicted molar refractivity (Wildman–Crippen MR) is 85.1 cm³/mol. The maximum Gasteiger partial charge on any atom is 0.158 e. The molecule has 0 amide bonds. The van der Waals surface area contributed by atoms with E-state index in [0.29, 0.717) is 11.1 Å². The summed E-state index contributed by atoms with van der Waals surface area (Å²) in [6.07, 6.45) is 0. The fourth-order valence-electron chi connectivity index (χ4n) is 1.95. The Labute approximate surface area is 124 Å². The minimum atomic E-state index is -3.21. The van der Waals surface area contributed by atoms with Gasteiger partial charge in [0.05, 0.1) is 11.5 Å². The highest BCUT2D eigenvalue weighted by atomic mass is 32.2. The molecule has 0 spiro atoms. The van der Waals surface area contributed by atoms with Crippen LogP contribution in [0.4, 0.5) is 0 Å². The summed E-state index contributed by atoms with van der Waals surface area (Å²) < 4.78 is 24.4. The average molecular weight is 305 g/mol. The van der Waals surface area contributed by atoms with Gasteiger partial charge in [-0.3, -0.25) is 0 Å². The minimum Gasteiger partial charge on any atom is -0.389 e. The Morgan fingerprint density at radius 3 is 2.20 bits per heavy atom. The lowest BCUT2D eigenvalue weighted by Crippen LogP contribution is -2.11. The van der Waals surface area contributed by atoms with Crippen molar-refractivity contribution < 1.29 is 8.42 Å². The average Bonchev–Trinajstić information content (AvgIpc) is 2.39. The molecule has 104 valence electrons. The van der Waals surface area contributed by atoms with Crippen LogP contribution in [0.25, 0.3) is 0 Å². The van der Waals surface area contributed by atoms with Gasteiger partial charge in [0, 0.05) is 5.56 Å². The van der Waals surface area contributed by atoms with Gasteiger partial charge in [-0.1, -0.05) is 60.7 Å². The molecule has 2 N–H and O–H groups in total. The lowest BCUT2D eigenvalue weighted by atomic mass is 10.1. The molecule has 2 aromatic rings. The van der Waals surface area contributed by atoms with Crippen LogP contribution in [0.3, 0.4) is 0 Å². The van der Waals surface area contributed by atoms with Crippen LogP contribution < -0.4 is 5.73 Å². The van der Waals surface area contributed by atoms with E-state index in [4.69, 9.17) is 18.0 Å². The fourth-order valence-corrected chi connectivity index (χ4v) is 3.56. The van der Waals surface area contributed by atoms with Crippen LogP contribution >= 0.6 is 12.2 Å². The van der Waals surface area contributed by atoms with Crippen LogP contribution in [0.2, 0.25) is 0 Å². The number of thiocarbonyl (C=S) groups is 1. The highest BCUT2D eigenvalue weighted by Gasteiger charge is 2.13. The molecule has 2 rings (SSSR count). The second kappa shape index (κ2) is 6.15. The van der Waals surface area contributed by atoms with E-state index in [-0.39, 0.29) is 16.5 Å². The molecule has 0 atom stereocenters. The molecule has 0 aliphatic rings. The van der Waals surface area contributed by atoms with E-state index in [9.17, 15) is 8.42 Å². The van der Waals surface area contributed by atoms with Gasteiger partial charge in [0.25, 0.3) is 0 Å². The van der Waals surface area contributed by atoms with Gasteiger partial charge in [0.15, 0.2) is 9.84 Å². The van der Waals surface area contributed by atoms with Crippen molar-refractivity contribution in [3.05, 3.63) is 71.3 Å². The number of sulfone groups is 1. The minimum absolute atomic E-state index is 0.0155. The van der Waals surface area contributed by atoms with Gasteiger partial charge in [-0.2, -0.15) is 0 Å². The molecule has 0 aliphatic carbocycles. The van der Waals surface area contributed by atoms with E-state index in [1.165, 1.54) is 0 Å². The van der Waals surface area contributed by atoms with Crippen LogP contribution in [0.5, 0.6) is 0 Å². The maximum absolute atomic E-state index is 12.2. The Hall–Kier alpha value is -1.72. The topological polar surface area (TPSA) is 60.2 Å². The number of rotatable bonds is 5. The monoisotopic (exact) mass is 305 g/mol. The summed E-state index contributed by atoms with van der Waals surface area (Å²) in [6, 6.07) is 16.2. The first-order valence-corrected chi connectivity index (χ1v) is 8.32. The van der Waals surface area contributed by atoms with Crippen molar-refractivity contribution >= 4 is 27.0 Å². The predicted octanol–water partition coefficient (Wildman–Crippen LogP) is 2.44. The molecule has 0 fully saturated rings. The van der Waals surface area contributed by atoms with Crippen molar-refractivity contribution in [3.8, 4) is 0 Å². The quantitative estimate of drug-likeness (QED) is 0.862.